The Morgan fingerprint density at radius 2 is 2.27 bits per heavy atom. The van der Waals surface area contributed by atoms with Crippen molar-refractivity contribution >= 4 is 81.1 Å². The van der Waals surface area contributed by atoms with Crippen LogP contribution < -0.4 is 11.1 Å². The molecule has 2 unspecified atom stereocenters. The Morgan fingerprint density at radius 3 is 2.88 bits per heavy atom. The molecule has 2 aromatic heterocycles. The standard InChI is InChI=1S/C16H15ClN8O4S4/c1-24-16(21-22-23-24)31-5-6-4-30-13-9(12(27)25(13)10(6)14(28)29)20-11(26)7(2-17)32-8-3-19-15(18)33-8/h2-3,9,13H,4-5H2,1H3,(H2,18,19)(H,20,26)(H,28,29)/b7-2+. The Labute approximate surface area is 208 Å². The molecule has 2 aliphatic heterocycles. The number of carboxylic acid groups (broad SMARTS) is 1. The summed E-state index contributed by atoms with van der Waals surface area (Å²) < 4.78 is 2.14. The number of carboxylic acids is 1. The van der Waals surface area contributed by atoms with E-state index in [0.29, 0.717) is 31.6 Å². The van der Waals surface area contributed by atoms with Gasteiger partial charge in [0.25, 0.3) is 11.8 Å². The van der Waals surface area contributed by atoms with Gasteiger partial charge in [0.15, 0.2) is 5.13 Å². The largest absolute Gasteiger partial charge is 0.477 e. The van der Waals surface area contributed by atoms with E-state index in [1.807, 2.05) is 0 Å². The van der Waals surface area contributed by atoms with Gasteiger partial charge >= 0.3 is 5.97 Å². The number of thiazole rings is 1. The van der Waals surface area contributed by atoms with Crippen LogP contribution in [0.3, 0.4) is 0 Å². The van der Waals surface area contributed by atoms with Gasteiger partial charge in [0.05, 0.1) is 15.3 Å². The summed E-state index contributed by atoms with van der Waals surface area (Å²) in [6.07, 6.45) is 1.52. The number of fused-ring (bicyclic) bond motifs is 1. The highest BCUT2D eigenvalue weighted by atomic mass is 35.5. The van der Waals surface area contributed by atoms with Crippen LogP contribution in [0.1, 0.15) is 0 Å². The first-order valence-corrected chi connectivity index (χ1v) is 13.2. The fourth-order valence-corrected chi connectivity index (χ4v) is 7.24. The van der Waals surface area contributed by atoms with E-state index >= 15 is 0 Å². The molecule has 1 saturated heterocycles. The van der Waals surface area contributed by atoms with Crippen molar-refractivity contribution in [3.05, 3.63) is 27.9 Å². The number of aryl methyl sites for hydroxylation is 1. The number of tetrazole rings is 1. The van der Waals surface area contributed by atoms with E-state index in [-0.39, 0.29) is 10.6 Å². The molecule has 33 heavy (non-hydrogen) atoms. The number of aromatic nitrogens is 5. The third kappa shape index (κ3) is 4.84. The van der Waals surface area contributed by atoms with Crippen LogP contribution in [0.4, 0.5) is 5.13 Å². The molecule has 0 spiro atoms. The molecule has 0 aromatic carbocycles. The van der Waals surface area contributed by atoms with Crippen LogP contribution in [-0.4, -0.2) is 75.9 Å². The average molecular weight is 547 g/mol. The van der Waals surface area contributed by atoms with Crippen LogP contribution >= 0.6 is 58.2 Å². The molecule has 2 aliphatic rings. The van der Waals surface area contributed by atoms with Crippen molar-refractivity contribution in [2.75, 3.05) is 17.2 Å². The lowest BCUT2D eigenvalue weighted by atomic mass is 10.0. The summed E-state index contributed by atoms with van der Waals surface area (Å²) in [6, 6.07) is -0.868. The molecule has 0 radical (unpaired) electrons. The van der Waals surface area contributed by atoms with Crippen molar-refractivity contribution in [1.82, 2.24) is 35.4 Å². The summed E-state index contributed by atoms with van der Waals surface area (Å²) in [5.74, 6) is -1.55. The summed E-state index contributed by atoms with van der Waals surface area (Å²) >= 11 is 10.7. The highest BCUT2D eigenvalue weighted by molar-refractivity contribution is 8.05. The second-order valence-corrected chi connectivity index (χ2v) is 11.3. The summed E-state index contributed by atoms with van der Waals surface area (Å²) in [6.45, 7) is 0. The molecular weight excluding hydrogens is 532 g/mol. The number of hydrogen-bond acceptors (Lipinski definition) is 12. The Hall–Kier alpha value is -2.27. The lowest BCUT2D eigenvalue weighted by Gasteiger charge is -2.49. The number of nitrogens with one attached hydrogen (secondary N) is 1. The number of β-lactam (4-membered cyclic amide) rings is 1. The first-order chi connectivity index (χ1) is 15.8. The zero-order valence-electron chi connectivity index (χ0n) is 16.7. The molecule has 4 N–H and O–H groups in total. The average Bonchev–Trinajstić information content (AvgIpc) is 3.40. The molecule has 0 aliphatic carbocycles. The van der Waals surface area contributed by atoms with E-state index in [1.54, 1.807) is 7.05 Å². The minimum Gasteiger partial charge on any atom is -0.477 e. The third-order valence-electron chi connectivity index (χ3n) is 4.53. The fraction of sp³-hybridized carbons (Fsp3) is 0.312. The number of aliphatic carboxylic acids is 1. The molecule has 2 aromatic rings. The molecule has 0 saturated carbocycles. The second-order valence-electron chi connectivity index (χ2n) is 6.58. The minimum atomic E-state index is -1.20. The number of nitrogens with two attached hydrogens (primary N) is 1. The van der Waals surface area contributed by atoms with Crippen molar-refractivity contribution in [2.45, 2.75) is 20.8 Å². The number of carbonyl (C=O) groups is 3. The summed E-state index contributed by atoms with van der Waals surface area (Å²) in [7, 11) is 1.68. The van der Waals surface area contributed by atoms with Gasteiger partial charge in [0.2, 0.25) is 5.16 Å². The lowest BCUT2D eigenvalue weighted by Crippen LogP contribution is -2.70. The number of halogens is 1. The lowest BCUT2D eigenvalue weighted by molar-refractivity contribution is -0.150. The van der Waals surface area contributed by atoms with Crippen molar-refractivity contribution in [2.24, 2.45) is 7.05 Å². The number of anilines is 1. The van der Waals surface area contributed by atoms with Crippen LogP contribution in [0.2, 0.25) is 0 Å². The molecule has 174 valence electrons. The van der Waals surface area contributed by atoms with Gasteiger partial charge in [0, 0.05) is 24.1 Å². The molecule has 1 fully saturated rings. The van der Waals surface area contributed by atoms with E-state index in [2.05, 4.69) is 25.8 Å². The van der Waals surface area contributed by atoms with Gasteiger partial charge in [-0.2, -0.15) is 0 Å². The van der Waals surface area contributed by atoms with Gasteiger partial charge in [-0.05, 0) is 16.0 Å². The van der Waals surface area contributed by atoms with Crippen molar-refractivity contribution < 1.29 is 19.5 Å². The Balaban J connectivity index is 1.44. The Kier molecular flexibility index (Phi) is 7.18. The molecule has 4 rings (SSSR count). The number of carbonyl (C=O) groups excluding carboxylic acids is 2. The predicted molar refractivity (Wildman–Crippen MR) is 126 cm³/mol. The summed E-state index contributed by atoms with van der Waals surface area (Å²) in [4.78, 5) is 42.8. The van der Waals surface area contributed by atoms with Crippen molar-refractivity contribution in [3.63, 3.8) is 0 Å². The molecular formula is C16H15ClN8O4S4. The molecule has 17 heteroatoms. The number of rotatable bonds is 8. The normalized spacial score (nSPS) is 20.5. The van der Waals surface area contributed by atoms with Gasteiger partial charge < -0.3 is 16.2 Å². The van der Waals surface area contributed by atoms with Gasteiger partial charge in [-0.25, -0.2) is 14.5 Å². The van der Waals surface area contributed by atoms with Gasteiger partial charge in [0.1, 0.15) is 17.1 Å². The number of thioether (sulfide) groups is 3. The Morgan fingerprint density at radius 1 is 1.48 bits per heavy atom. The number of nitrogen functional groups attached to an aromatic ring is 1. The van der Waals surface area contributed by atoms with Gasteiger partial charge in [-0.15, -0.1) is 16.9 Å². The summed E-state index contributed by atoms with van der Waals surface area (Å²) in [5, 5.41) is 23.9. The first kappa shape index (κ1) is 23.9. The fourth-order valence-electron chi connectivity index (χ4n) is 3.05. The topological polar surface area (TPSA) is 169 Å². The first-order valence-electron chi connectivity index (χ1n) is 9.05. The smallest absolute Gasteiger partial charge is 0.352 e. The zero-order chi connectivity index (χ0) is 23.7. The van der Waals surface area contributed by atoms with Crippen LogP contribution in [0, 0.1) is 0 Å². The summed E-state index contributed by atoms with van der Waals surface area (Å²) in [5.41, 5.74) is 7.23. The molecule has 2 amide bonds. The van der Waals surface area contributed by atoms with E-state index < -0.39 is 29.2 Å². The van der Waals surface area contributed by atoms with Crippen molar-refractivity contribution in [1.29, 1.82) is 0 Å². The van der Waals surface area contributed by atoms with Crippen LogP contribution in [0.25, 0.3) is 0 Å². The number of nitrogens with zero attached hydrogens (tertiary/aromatic N) is 6. The van der Waals surface area contributed by atoms with Crippen LogP contribution in [-0.2, 0) is 21.4 Å². The predicted octanol–water partition coefficient (Wildman–Crippen LogP) is 0.952. The minimum absolute atomic E-state index is 0.0699. The Bertz CT molecular complexity index is 1180. The number of hydrogen-bond donors (Lipinski definition) is 3. The zero-order valence-corrected chi connectivity index (χ0v) is 20.7. The van der Waals surface area contributed by atoms with E-state index in [4.69, 9.17) is 17.3 Å². The molecule has 2 atom stereocenters. The van der Waals surface area contributed by atoms with Gasteiger partial charge in [-0.3, -0.25) is 14.5 Å². The van der Waals surface area contributed by atoms with Crippen LogP contribution in [0.5, 0.6) is 0 Å². The van der Waals surface area contributed by atoms with E-state index in [9.17, 15) is 19.5 Å². The van der Waals surface area contributed by atoms with Gasteiger partial charge in [-0.1, -0.05) is 46.5 Å². The third-order valence-corrected chi connectivity index (χ3v) is 9.26. The van der Waals surface area contributed by atoms with Crippen molar-refractivity contribution in [3.8, 4) is 0 Å². The quantitative estimate of drug-likeness (QED) is 0.244. The molecule has 4 heterocycles. The molecule has 12 nitrogen and oxygen atoms in total. The highest BCUT2D eigenvalue weighted by Crippen LogP contribution is 2.42. The second kappa shape index (κ2) is 9.92. The van der Waals surface area contributed by atoms with E-state index in [1.165, 1.54) is 50.6 Å². The number of amides is 2. The maximum Gasteiger partial charge on any atom is 0.352 e. The maximum atomic E-state index is 12.8. The molecule has 0 bridgehead atoms. The van der Waals surface area contributed by atoms with Crippen LogP contribution in [0.15, 0.2) is 37.3 Å². The SMILES string of the molecule is Cn1nnnc1SCC1=C(C(=O)O)N2C(=O)C(NC(=O)/C(=C\Cl)Sc3cnc(N)s3)C2SC1. The maximum absolute atomic E-state index is 12.8. The monoisotopic (exact) mass is 546 g/mol. The van der Waals surface area contributed by atoms with E-state index in [0.717, 1.165) is 17.3 Å². The highest BCUT2D eigenvalue weighted by Gasteiger charge is 2.54.